The van der Waals surface area contributed by atoms with Crippen molar-refractivity contribution in [2.45, 2.75) is 25.1 Å². The Labute approximate surface area is 157 Å². The third kappa shape index (κ3) is 3.32. The number of nitrogens with zero attached hydrogens (tertiary/aromatic N) is 2. The molecule has 4 rings (SSSR count). The maximum atomic E-state index is 12.9. The Morgan fingerprint density at radius 3 is 2.42 bits per heavy atom. The smallest absolute Gasteiger partial charge is 0.391 e. The molecule has 0 amide bonds. The van der Waals surface area contributed by atoms with Gasteiger partial charge in [0.1, 0.15) is 10.7 Å². The van der Waals surface area contributed by atoms with E-state index in [0.717, 1.165) is 40.1 Å². The van der Waals surface area contributed by atoms with Crippen LogP contribution in [-0.4, -0.2) is 17.3 Å². The van der Waals surface area contributed by atoms with Crippen LogP contribution in [0.1, 0.15) is 17.5 Å². The zero-order valence-corrected chi connectivity index (χ0v) is 15.3. The summed E-state index contributed by atoms with van der Waals surface area (Å²) in [6.07, 6.45) is -2.79. The number of oxime groups is 1. The van der Waals surface area contributed by atoms with E-state index in [1.54, 1.807) is 0 Å². The lowest BCUT2D eigenvalue weighted by atomic mass is 9.87. The predicted molar refractivity (Wildman–Crippen MR) is 97.9 cm³/mol. The molecule has 2 aromatic rings. The van der Waals surface area contributed by atoms with Crippen molar-refractivity contribution >= 4 is 31.9 Å². The molecule has 2 aromatic carbocycles. The van der Waals surface area contributed by atoms with E-state index in [4.69, 9.17) is 4.84 Å². The second-order valence-corrected chi connectivity index (χ2v) is 7.48. The molecule has 0 N–H and O–H groups in total. The number of rotatable bonds is 2. The van der Waals surface area contributed by atoms with Crippen LogP contribution >= 0.6 is 15.9 Å². The van der Waals surface area contributed by atoms with Crippen LogP contribution in [0.2, 0.25) is 0 Å². The van der Waals surface area contributed by atoms with Crippen LogP contribution in [0.4, 0.5) is 24.5 Å². The van der Waals surface area contributed by atoms with E-state index in [1.165, 1.54) is 12.1 Å². The Kier molecular flexibility index (Phi) is 4.42. The van der Waals surface area contributed by atoms with Gasteiger partial charge in [-0.25, -0.2) is 0 Å². The van der Waals surface area contributed by atoms with Crippen molar-refractivity contribution in [3.05, 3.63) is 59.7 Å². The van der Waals surface area contributed by atoms with Crippen molar-refractivity contribution in [2.24, 2.45) is 11.1 Å². The fourth-order valence-electron chi connectivity index (χ4n) is 3.57. The van der Waals surface area contributed by atoms with Gasteiger partial charge in [-0.05, 0) is 58.2 Å². The van der Waals surface area contributed by atoms with Gasteiger partial charge < -0.3 is 9.74 Å². The van der Waals surface area contributed by atoms with E-state index in [0.29, 0.717) is 13.0 Å². The molecule has 1 unspecified atom stereocenters. The van der Waals surface area contributed by atoms with E-state index in [9.17, 15) is 13.2 Å². The molecule has 0 saturated heterocycles. The Morgan fingerprint density at radius 2 is 1.77 bits per heavy atom. The molecule has 0 spiro atoms. The molecule has 2 heterocycles. The van der Waals surface area contributed by atoms with Crippen LogP contribution < -0.4 is 4.90 Å². The normalized spacial score (nSPS) is 22.6. The van der Waals surface area contributed by atoms with Gasteiger partial charge in [0.25, 0.3) is 0 Å². The second kappa shape index (κ2) is 6.61. The third-order valence-corrected chi connectivity index (χ3v) is 5.34. The lowest BCUT2D eigenvalue weighted by Gasteiger charge is -2.37. The van der Waals surface area contributed by atoms with Crippen LogP contribution in [0.25, 0.3) is 0 Å². The number of hydrogen-bond acceptors (Lipinski definition) is 3. The van der Waals surface area contributed by atoms with Crippen molar-refractivity contribution in [3.8, 4) is 0 Å². The monoisotopic (exact) mass is 424 g/mol. The fourth-order valence-corrected chi connectivity index (χ4v) is 3.97. The number of anilines is 2. The Hall–Kier alpha value is -2.02. The van der Waals surface area contributed by atoms with E-state index in [1.807, 2.05) is 18.2 Å². The van der Waals surface area contributed by atoms with Gasteiger partial charge in [-0.3, -0.25) is 0 Å². The summed E-state index contributed by atoms with van der Waals surface area (Å²) in [5.74, 6) is 0.200. The summed E-state index contributed by atoms with van der Waals surface area (Å²) in [6.45, 7) is 0.669. The third-order valence-electron chi connectivity index (χ3n) is 4.87. The molecule has 7 heteroatoms. The van der Waals surface area contributed by atoms with Crippen molar-refractivity contribution in [3.63, 3.8) is 0 Å². The molecule has 2 atom stereocenters. The van der Waals surface area contributed by atoms with Crippen LogP contribution in [0.5, 0.6) is 0 Å². The minimum absolute atomic E-state index is 0.0327. The number of hydrogen-bond donors (Lipinski definition) is 0. The van der Waals surface area contributed by atoms with Gasteiger partial charge >= 0.3 is 6.18 Å². The molecule has 3 nitrogen and oxygen atoms in total. The minimum Gasteiger partial charge on any atom is -0.391 e. The van der Waals surface area contributed by atoms with Gasteiger partial charge in [0.2, 0.25) is 0 Å². The summed E-state index contributed by atoms with van der Waals surface area (Å²) >= 11 is 3.37. The number of halogens is 4. The predicted octanol–water partition coefficient (Wildman–Crippen LogP) is 5.51. The van der Waals surface area contributed by atoms with E-state index in [2.05, 4.69) is 32.1 Å². The summed E-state index contributed by atoms with van der Waals surface area (Å²) < 4.78 is 39.4. The fraction of sp³-hybridized carbons (Fsp3) is 0.316. The number of fused-ring (bicyclic) bond motifs is 1. The zero-order chi connectivity index (χ0) is 18.3. The molecular formula is C19H16BrF3N2O. The molecule has 0 aliphatic carbocycles. The molecular weight excluding hydrogens is 409 g/mol. The number of benzene rings is 2. The summed E-state index contributed by atoms with van der Waals surface area (Å²) in [5.41, 5.74) is 2.30. The van der Waals surface area contributed by atoms with Crippen LogP contribution in [0.15, 0.2) is 53.7 Å². The van der Waals surface area contributed by atoms with Gasteiger partial charge in [0, 0.05) is 30.3 Å². The minimum atomic E-state index is -4.33. The quantitative estimate of drug-likeness (QED) is 0.634. The van der Waals surface area contributed by atoms with Gasteiger partial charge in [0.15, 0.2) is 0 Å². The van der Waals surface area contributed by atoms with Crippen LogP contribution in [0, 0.1) is 5.92 Å². The highest BCUT2D eigenvalue weighted by molar-refractivity contribution is 9.18. The lowest BCUT2D eigenvalue weighted by Crippen LogP contribution is -2.38. The first kappa shape index (κ1) is 17.4. The second-order valence-electron chi connectivity index (χ2n) is 6.56. The number of para-hydroxylation sites is 1. The first-order chi connectivity index (χ1) is 12.4. The molecule has 2 aliphatic heterocycles. The maximum absolute atomic E-state index is 12.9. The largest absolute Gasteiger partial charge is 0.416 e. The van der Waals surface area contributed by atoms with Crippen LogP contribution in [-0.2, 0) is 17.4 Å². The summed E-state index contributed by atoms with van der Waals surface area (Å²) in [6, 6.07) is 13.3. The summed E-state index contributed by atoms with van der Waals surface area (Å²) in [4.78, 5) is 7.60. The van der Waals surface area contributed by atoms with Gasteiger partial charge in [-0.15, -0.1) is 0 Å². The lowest BCUT2D eigenvalue weighted by molar-refractivity contribution is -0.137. The Balaban J connectivity index is 1.65. The standard InChI is InChI=1S/C19H16BrF3N2O/c20-18-10-17(26-24-18)13-9-12-3-1-2-4-16(12)25(11-13)15-7-5-14(6-8-15)19(21,22)23/h1-8,13,17H,9-11H2/t13?,17-/m1/s1. The highest BCUT2D eigenvalue weighted by Gasteiger charge is 2.35. The average Bonchev–Trinajstić information content (AvgIpc) is 3.06. The van der Waals surface area contributed by atoms with Gasteiger partial charge in [-0.1, -0.05) is 23.4 Å². The van der Waals surface area contributed by atoms with Crippen molar-refractivity contribution < 1.29 is 18.0 Å². The first-order valence-electron chi connectivity index (χ1n) is 8.33. The summed E-state index contributed by atoms with van der Waals surface area (Å²) in [5, 5.41) is 3.97. The molecule has 136 valence electrons. The van der Waals surface area contributed by atoms with Crippen LogP contribution in [0.3, 0.4) is 0 Å². The molecule has 0 fully saturated rings. The van der Waals surface area contributed by atoms with Gasteiger partial charge in [0.05, 0.1) is 5.56 Å². The first-order valence-corrected chi connectivity index (χ1v) is 9.12. The molecule has 0 saturated carbocycles. The SMILES string of the molecule is FC(F)(F)c1ccc(N2CC([C@H]3CC(Br)=NO3)Cc3ccccc32)cc1. The Bertz CT molecular complexity index is 835. The number of alkyl halides is 3. The highest BCUT2D eigenvalue weighted by Crippen LogP contribution is 2.39. The van der Waals surface area contributed by atoms with Crippen molar-refractivity contribution in [1.29, 1.82) is 0 Å². The molecule has 2 aliphatic rings. The van der Waals surface area contributed by atoms with E-state index >= 15 is 0 Å². The Morgan fingerprint density at radius 1 is 1.04 bits per heavy atom. The zero-order valence-electron chi connectivity index (χ0n) is 13.7. The van der Waals surface area contributed by atoms with Crippen molar-refractivity contribution in [2.75, 3.05) is 11.4 Å². The molecule has 26 heavy (non-hydrogen) atoms. The maximum Gasteiger partial charge on any atom is 0.416 e. The average molecular weight is 425 g/mol. The van der Waals surface area contributed by atoms with E-state index < -0.39 is 11.7 Å². The molecule has 0 radical (unpaired) electrons. The van der Waals surface area contributed by atoms with Gasteiger partial charge in [-0.2, -0.15) is 13.2 Å². The molecule has 0 aromatic heterocycles. The topological polar surface area (TPSA) is 24.8 Å². The highest BCUT2D eigenvalue weighted by atomic mass is 79.9. The van der Waals surface area contributed by atoms with E-state index in [-0.39, 0.29) is 12.0 Å². The van der Waals surface area contributed by atoms with Crippen molar-refractivity contribution in [1.82, 2.24) is 0 Å². The molecule has 0 bridgehead atoms. The summed E-state index contributed by atoms with van der Waals surface area (Å²) in [7, 11) is 0.